The lowest BCUT2D eigenvalue weighted by Gasteiger charge is -2.38. The van der Waals surface area contributed by atoms with E-state index >= 15 is 0 Å². The summed E-state index contributed by atoms with van der Waals surface area (Å²) in [5, 5.41) is 13.1. The highest BCUT2D eigenvalue weighted by Crippen LogP contribution is 2.45. The maximum atomic E-state index is 13.9. The van der Waals surface area contributed by atoms with Crippen LogP contribution in [0.5, 0.6) is 17.2 Å². The topological polar surface area (TPSA) is 177 Å². The number of ether oxygens (including phenoxy) is 6. The smallest absolute Gasteiger partial charge is 0.344 e. The van der Waals surface area contributed by atoms with Crippen LogP contribution < -0.4 is 14.2 Å². The molecule has 2 atom stereocenters. The summed E-state index contributed by atoms with van der Waals surface area (Å²) in [6, 6.07) is 6.87. The number of benzene rings is 2. The van der Waals surface area contributed by atoms with Gasteiger partial charge in [0.25, 0.3) is 5.24 Å². The zero-order valence-corrected chi connectivity index (χ0v) is 36.1. The van der Waals surface area contributed by atoms with Gasteiger partial charge in [-0.2, -0.15) is 0 Å². The maximum Gasteiger partial charge on any atom is 0.344 e. The highest BCUT2D eigenvalue weighted by atomic mass is 32.2. The molecule has 1 N–H and O–H groups in total. The molecule has 1 fully saturated rings. The molecule has 14 nitrogen and oxygen atoms in total. The van der Waals surface area contributed by atoms with E-state index < -0.39 is 69.2 Å². The zero-order chi connectivity index (χ0) is 42.9. The summed E-state index contributed by atoms with van der Waals surface area (Å²) < 4.78 is 33.4. The Morgan fingerprint density at radius 1 is 0.825 bits per heavy atom. The largest absolute Gasteiger partial charge is 0.489 e. The Labute approximate surface area is 338 Å². The van der Waals surface area contributed by atoms with Crippen molar-refractivity contribution in [3.8, 4) is 17.2 Å². The van der Waals surface area contributed by atoms with Gasteiger partial charge in [0.1, 0.15) is 57.6 Å². The van der Waals surface area contributed by atoms with Crippen molar-refractivity contribution in [2.24, 2.45) is 5.16 Å². The zero-order valence-electron chi connectivity index (χ0n) is 35.3. The van der Waals surface area contributed by atoms with Crippen molar-refractivity contribution in [3.05, 3.63) is 52.1 Å². The van der Waals surface area contributed by atoms with Crippen LogP contribution in [0, 0.1) is 20.8 Å². The first kappa shape index (κ1) is 44.9. The molecule has 57 heavy (non-hydrogen) atoms. The summed E-state index contributed by atoms with van der Waals surface area (Å²) in [4.78, 5) is 66.1. The number of thioether (sulfide) groups is 1. The molecule has 0 bridgehead atoms. The SMILES string of the molecule is Cc1c(C)c2c(c(C)c1OCC(=O)OC(C)(C)C)C(=NO)CC(C)(COc1ccc(CC3(CC(=O)OC(C)(C)C)SC(=O)N(CC(=O)OC(C)(C)C)C3=O)cc1)O2. The van der Waals surface area contributed by atoms with E-state index in [-0.39, 0.29) is 26.1 Å². The average Bonchev–Trinajstić information content (AvgIpc) is 3.27. The minimum atomic E-state index is -1.56. The third-order valence-electron chi connectivity index (χ3n) is 8.89. The van der Waals surface area contributed by atoms with Gasteiger partial charge in [-0.1, -0.05) is 17.3 Å². The normalized spacial score (nSPS) is 20.5. The minimum Gasteiger partial charge on any atom is -0.489 e. The lowest BCUT2D eigenvalue weighted by Crippen LogP contribution is -2.46. The van der Waals surface area contributed by atoms with Crippen LogP contribution in [0.25, 0.3) is 0 Å². The van der Waals surface area contributed by atoms with E-state index in [4.69, 9.17) is 28.4 Å². The number of nitrogens with zero attached hydrogens (tertiary/aromatic N) is 2. The van der Waals surface area contributed by atoms with E-state index in [1.54, 1.807) is 86.6 Å². The second-order valence-electron chi connectivity index (χ2n) is 17.8. The standard InChI is InChI=1S/C42H56N2O12S/c1-24-25(2)35-33(26(3)34(24)51-22-32(47)55-40(10,11)12)29(43-50)19-41(13,56-35)23-52-28-16-14-27(15-17-28)18-42(20-30(45)53-38(4,5)6)36(48)44(37(49)57-42)21-31(46)54-39(7,8)9/h14-17,50H,18-23H2,1-13H3. The van der Waals surface area contributed by atoms with Gasteiger partial charge in [-0.25, -0.2) is 4.79 Å². The van der Waals surface area contributed by atoms with Crippen molar-refractivity contribution in [2.45, 2.75) is 136 Å². The average molecular weight is 813 g/mol. The van der Waals surface area contributed by atoms with Crippen molar-refractivity contribution in [3.63, 3.8) is 0 Å². The fourth-order valence-electron chi connectivity index (χ4n) is 6.58. The van der Waals surface area contributed by atoms with Crippen LogP contribution in [0.3, 0.4) is 0 Å². The molecule has 2 amide bonds. The Balaban J connectivity index is 1.52. The Hall–Kier alpha value is -4.79. The molecular weight excluding hydrogens is 757 g/mol. The molecule has 0 radical (unpaired) electrons. The Bertz CT molecular complexity index is 1940. The molecular formula is C42H56N2O12S. The third-order valence-corrected chi connectivity index (χ3v) is 10.1. The van der Waals surface area contributed by atoms with Crippen LogP contribution in [0.4, 0.5) is 4.79 Å². The van der Waals surface area contributed by atoms with Gasteiger partial charge in [0.15, 0.2) is 6.61 Å². The maximum absolute atomic E-state index is 13.9. The van der Waals surface area contributed by atoms with Crippen molar-refractivity contribution in [1.29, 1.82) is 0 Å². The van der Waals surface area contributed by atoms with Crippen LogP contribution in [0.2, 0.25) is 0 Å². The number of carbonyl (C=O) groups is 5. The van der Waals surface area contributed by atoms with Gasteiger partial charge in [0.2, 0.25) is 5.91 Å². The number of oxime groups is 1. The molecule has 2 aliphatic rings. The second-order valence-corrected chi connectivity index (χ2v) is 19.1. The van der Waals surface area contributed by atoms with Crippen LogP contribution >= 0.6 is 11.8 Å². The lowest BCUT2D eigenvalue weighted by atomic mass is 9.86. The third kappa shape index (κ3) is 11.4. The summed E-state index contributed by atoms with van der Waals surface area (Å²) in [5.74, 6) is -1.13. The van der Waals surface area contributed by atoms with Crippen LogP contribution in [-0.2, 0) is 39.8 Å². The number of esters is 3. The Kier molecular flexibility index (Phi) is 13.1. The molecule has 0 aromatic heterocycles. The predicted molar refractivity (Wildman–Crippen MR) is 213 cm³/mol. The molecule has 2 aliphatic heterocycles. The molecule has 1 saturated heterocycles. The van der Waals surface area contributed by atoms with Gasteiger partial charge in [-0.15, -0.1) is 0 Å². The van der Waals surface area contributed by atoms with E-state index in [0.717, 1.165) is 16.0 Å². The number of fused-ring (bicyclic) bond motifs is 1. The molecule has 2 heterocycles. The highest BCUT2D eigenvalue weighted by Gasteiger charge is 2.55. The van der Waals surface area contributed by atoms with Gasteiger partial charge in [-0.05, 0) is 137 Å². The fraction of sp³-hybridized carbons (Fsp3) is 0.571. The number of rotatable bonds is 12. The Morgan fingerprint density at radius 3 is 1.95 bits per heavy atom. The summed E-state index contributed by atoms with van der Waals surface area (Å²) in [6.45, 7) is 22.1. The van der Waals surface area contributed by atoms with Gasteiger partial charge in [-0.3, -0.25) is 24.1 Å². The fourth-order valence-corrected chi connectivity index (χ4v) is 7.80. The Morgan fingerprint density at radius 2 is 1.39 bits per heavy atom. The van der Waals surface area contributed by atoms with Crippen LogP contribution in [-0.4, -0.2) is 91.8 Å². The molecule has 2 unspecified atom stereocenters. The second kappa shape index (κ2) is 16.6. The number of hydrogen-bond acceptors (Lipinski definition) is 14. The molecule has 0 spiro atoms. The van der Waals surface area contributed by atoms with E-state index in [0.29, 0.717) is 51.4 Å². The van der Waals surface area contributed by atoms with E-state index in [2.05, 4.69) is 5.16 Å². The molecule has 15 heteroatoms. The van der Waals surface area contributed by atoms with Crippen LogP contribution in [0.1, 0.15) is 110 Å². The van der Waals surface area contributed by atoms with Crippen molar-refractivity contribution in [2.75, 3.05) is 19.8 Å². The first-order valence-electron chi connectivity index (χ1n) is 18.7. The molecule has 4 rings (SSSR count). The summed E-state index contributed by atoms with van der Waals surface area (Å²) in [7, 11) is 0. The van der Waals surface area contributed by atoms with Gasteiger partial charge in [0, 0.05) is 17.5 Å². The molecule has 2 aromatic rings. The quantitative estimate of drug-likeness (QED) is 0.0988. The van der Waals surface area contributed by atoms with Gasteiger partial charge in [0.05, 0.1) is 12.1 Å². The first-order valence-corrected chi connectivity index (χ1v) is 19.6. The summed E-state index contributed by atoms with van der Waals surface area (Å²) >= 11 is 0.698. The summed E-state index contributed by atoms with van der Waals surface area (Å²) in [5.41, 5.74) is 0.453. The molecule has 0 aliphatic carbocycles. The van der Waals surface area contributed by atoms with Crippen molar-refractivity contribution >= 4 is 46.5 Å². The number of imide groups is 1. The molecule has 312 valence electrons. The summed E-state index contributed by atoms with van der Waals surface area (Å²) in [6.07, 6.45) is -0.226. The van der Waals surface area contributed by atoms with E-state index in [9.17, 15) is 29.2 Å². The molecule has 2 aromatic carbocycles. The lowest BCUT2D eigenvalue weighted by molar-refractivity contribution is -0.159. The molecule has 0 saturated carbocycles. The first-order chi connectivity index (χ1) is 26.1. The van der Waals surface area contributed by atoms with E-state index in [1.165, 1.54) is 0 Å². The van der Waals surface area contributed by atoms with Crippen molar-refractivity contribution < 1.29 is 57.6 Å². The number of carbonyl (C=O) groups excluding carboxylic acids is 5. The number of amides is 2. The van der Waals surface area contributed by atoms with E-state index in [1.807, 2.05) is 27.7 Å². The van der Waals surface area contributed by atoms with Crippen LogP contribution in [0.15, 0.2) is 29.4 Å². The predicted octanol–water partition coefficient (Wildman–Crippen LogP) is 7.18. The van der Waals surface area contributed by atoms with Crippen molar-refractivity contribution in [1.82, 2.24) is 4.90 Å². The minimum absolute atomic E-state index is 0.0119. The van der Waals surface area contributed by atoms with Gasteiger partial charge < -0.3 is 33.6 Å². The van der Waals surface area contributed by atoms with Gasteiger partial charge >= 0.3 is 17.9 Å². The monoisotopic (exact) mass is 812 g/mol. The highest BCUT2D eigenvalue weighted by molar-refractivity contribution is 8.16. The number of hydrogen-bond donors (Lipinski definition) is 1.